The van der Waals surface area contributed by atoms with Crippen LogP contribution in [0.25, 0.3) is 0 Å². The Morgan fingerprint density at radius 2 is 2.33 bits per heavy atom. The predicted octanol–water partition coefficient (Wildman–Crippen LogP) is 1.59. The van der Waals surface area contributed by atoms with Gasteiger partial charge in [0.2, 0.25) is 5.91 Å². The van der Waals surface area contributed by atoms with Crippen LogP contribution in [0, 0.1) is 5.92 Å². The fraction of sp³-hybridized carbons (Fsp3) is 0.889. The van der Waals surface area contributed by atoms with Crippen molar-refractivity contribution < 1.29 is 9.63 Å². The fourth-order valence-electron chi connectivity index (χ4n) is 1.18. The molecule has 0 aromatic carbocycles. The second kappa shape index (κ2) is 4.45. The van der Waals surface area contributed by atoms with Gasteiger partial charge >= 0.3 is 0 Å². The van der Waals surface area contributed by atoms with E-state index in [1.807, 2.05) is 0 Å². The van der Waals surface area contributed by atoms with Crippen LogP contribution < -0.4 is 0 Å². The van der Waals surface area contributed by atoms with E-state index in [1.54, 1.807) is 0 Å². The molecule has 0 saturated carbocycles. The van der Waals surface area contributed by atoms with E-state index in [1.165, 1.54) is 5.06 Å². The molecular formula is C9H17NO2. The molecule has 3 heteroatoms. The van der Waals surface area contributed by atoms with Gasteiger partial charge in [0.15, 0.2) is 0 Å². The molecule has 0 N–H and O–H groups in total. The highest BCUT2D eigenvalue weighted by atomic mass is 16.7. The number of amides is 1. The van der Waals surface area contributed by atoms with Crippen molar-refractivity contribution in [1.29, 1.82) is 0 Å². The lowest BCUT2D eigenvalue weighted by Gasteiger charge is -2.14. The number of rotatable bonds is 3. The largest absolute Gasteiger partial charge is 0.273 e. The van der Waals surface area contributed by atoms with Crippen LogP contribution in [0.2, 0.25) is 0 Å². The van der Waals surface area contributed by atoms with Gasteiger partial charge in [0.25, 0.3) is 0 Å². The summed E-state index contributed by atoms with van der Waals surface area (Å²) in [5, 5.41) is 1.50. The van der Waals surface area contributed by atoms with Crippen molar-refractivity contribution >= 4 is 5.91 Å². The SMILES string of the molecule is CC(C)CCC(=O)N1CCCO1. The highest BCUT2D eigenvalue weighted by Gasteiger charge is 2.18. The molecule has 0 radical (unpaired) electrons. The second-order valence-corrected chi connectivity index (χ2v) is 3.62. The molecule has 1 rings (SSSR count). The summed E-state index contributed by atoms with van der Waals surface area (Å²) < 4.78 is 0. The predicted molar refractivity (Wildman–Crippen MR) is 46.4 cm³/mol. The highest BCUT2D eigenvalue weighted by molar-refractivity contribution is 5.75. The van der Waals surface area contributed by atoms with Gasteiger partial charge in [-0.3, -0.25) is 9.63 Å². The summed E-state index contributed by atoms with van der Waals surface area (Å²) in [7, 11) is 0. The molecule has 1 saturated heterocycles. The van der Waals surface area contributed by atoms with Crippen LogP contribution >= 0.6 is 0 Å². The quantitative estimate of drug-likeness (QED) is 0.645. The first-order valence-corrected chi connectivity index (χ1v) is 4.63. The molecule has 0 aromatic rings. The van der Waals surface area contributed by atoms with Crippen molar-refractivity contribution in [3.63, 3.8) is 0 Å². The first kappa shape index (κ1) is 9.52. The van der Waals surface area contributed by atoms with Crippen molar-refractivity contribution in [3.8, 4) is 0 Å². The van der Waals surface area contributed by atoms with Crippen LogP contribution in [0.1, 0.15) is 33.1 Å². The van der Waals surface area contributed by atoms with Gasteiger partial charge in [-0.15, -0.1) is 0 Å². The van der Waals surface area contributed by atoms with E-state index in [9.17, 15) is 4.79 Å². The summed E-state index contributed by atoms with van der Waals surface area (Å²) in [5.41, 5.74) is 0. The smallest absolute Gasteiger partial charge is 0.246 e. The fourth-order valence-corrected chi connectivity index (χ4v) is 1.18. The molecule has 1 aliphatic heterocycles. The molecule has 0 bridgehead atoms. The lowest BCUT2D eigenvalue weighted by molar-refractivity contribution is -0.168. The minimum Gasteiger partial charge on any atom is -0.273 e. The van der Waals surface area contributed by atoms with Crippen LogP contribution in [0.4, 0.5) is 0 Å². The molecule has 0 unspecified atom stereocenters. The van der Waals surface area contributed by atoms with Crippen LogP contribution in [-0.4, -0.2) is 24.1 Å². The zero-order chi connectivity index (χ0) is 8.97. The standard InChI is InChI=1S/C9H17NO2/c1-8(2)4-5-9(11)10-6-3-7-12-10/h8H,3-7H2,1-2H3. The molecule has 3 nitrogen and oxygen atoms in total. The molecule has 0 aromatic heterocycles. The van der Waals surface area contributed by atoms with E-state index in [0.717, 1.165) is 19.4 Å². The summed E-state index contributed by atoms with van der Waals surface area (Å²) in [6, 6.07) is 0. The maximum atomic E-state index is 11.4. The highest BCUT2D eigenvalue weighted by Crippen LogP contribution is 2.10. The van der Waals surface area contributed by atoms with Crippen LogP contribution in [0.5, 0.6) is 0 Å². The maximum absolute atomic E-state index is 11.4. The van der Waals surface area contributed by atoms with Crippen molar-refractivity contribution in [2.24, 2.45) is 5.92 Å². The number of nitrogens with zero attached hydrogens (tertiary/aromatic N) is 1. The number of hydroxylamine groups is 2. The third-order valence-corrected chi connectivity index (χ3v) is 1.97. The zero-order valence-corrected chi connectivity index (χ0v) is 7.88. The average Bonchev–Trinajstić information content (AvgIpc) is 2.51. The molecule has 1 aliphatic rings. The number of carbonyl (C=O) groups is 1. The van der Waals surface area contributed by atoms with Gasteiger partial charge in [0.1, 0.15) is 0 Å². The third kappa shape index (κ3) is 2.81. The van der Waals surface area contributed by atoms with Crippen LogP contribution in [0.15, 0.2) is 0 Å². The molecular weight excluding hydrogens is 154 g/mol. The Kier molecular flexibility index (Phi) is 3.53. The van der Waals surface area contributed by atoms with Crippen LogP contribution in [-0.2, 0) is 9.63 Å². The summed E-state index contributed by atoms with van der Waals surface area (Å²) in [5.74, 6) is 0.734. The average molecular weight is 171 g/mol. The van der Waals surface area contributed by atoms with E-state index in [0.29, 0.717) is 18.9 Å². The van der Waals surface area contributed by atoms with Crippen molar-refractivity contribution in [3.05, 3.63) is 0 Å². The Morgan fingerprint density at radius 1 is 1.58 bits per heavy atom. The Balaban J connectivity index is 2.18. The minimum absolute atomic E-state index is 0.140. The Labute approximate surface area is 73.6 Å². The third-order valence-electron chi connectivity index (χ3n) is 1.97. The summed E-state index contributed by atoms with van der Waals surface area (Å²) in [4.78, 5) is 16.5. The second-order valence-electron chi connectivity index (χ2n) is 3.62. The first-order chi connectivity index (χ1) is 5.70. The summed E-state index contributed by atoms with van der Waals surface area (Å²) >= 11 is 0. The molecule has 12 heavy (non-hydrogen) atoms. The van der Waals surface area contributed by atoms with Gasteiger partial charge in [-0.25, -0.2) is 5.06 Å². The lowest BCUT2D eigenvalue weighted by Crippen LogP contribution is -2.26. The van der Waals surface area contributed by atoms with E-state index in [-0.39, 0.29) is 5.91 Å². The molecule has 70 valence electrons. The van der Waals surface area contributed by atoms with E-state index >= 15 is 0 Å². The van der Waals surface area contributed by atoms with Gasteiger partial charge in [0, 0.05) is 6.42 Å². The van der Waals surface area contributed by atoms with Crippen LogP contribution in [0.3, 0.4) is 0 Å². The Bertz CT molecular complexity index is 151. The van der Waals surface area contributed by atoms with Crippen molar-refractivity contribution in [2.45, 2.75) is 33.1 Å². The van der Waals surface area contributed by atoms with Gasteiger partial charge in [-0.1, -0.05) is 13.8 Å². The van der Waals surface area contributed by atoms with E-state index in [2.05, 4.69) is 13.8 Å². The molecule has 1 amide bonds. The Morgan fingerprint density at radius 3 is 2.83 bits per heavy atom. The van der Waals surface area contributed by atoms with Gasteiger partial charge in [0.05, 0.1) is 13.2 Å². The summed E-state index contributed by atoms with van der Waals surface area (Å²) in [6.45, 7) is 5.72. The molecule has 0 spiro atoms. The topological polar surface area (TPSA) is 29.5 Å². The summed E-state index contributed by atoms with van der Waals surface area (Å²) in [6.07, 6.45) is 2.56. The van der Waals surface area contributed by atoms with Crippen molar-refractivity contribution in [2.75, 3.05) is 13.2 Å². The van der Waals surface area contributed by atoms with E-state index in [4.69, 9.17) is 4.84 Å². The van der Waals surface area contributed by atoms with Crippen molar-refractivity contribution in [1.82, 2.24) is 5.06 Å². The number of carbonyl (C=O) groups excluding carboxylic acids is 1. The van der Waals surface area contributed by atoms with Gasteiger partial charge in [-0.2, -0.15) is 0 Å². The molecule has 1 heterocycles. The zero-order valence-electron chi connectivity index (χ0n) is 7.88. The normalized spacial score (nSPS) is 17.4. The van der Waals surface area contributed by atoms with Gasteiger partial charge < -0.3 is 0 Å². The first-order valence-electron chi connectivity index (χ1n) is 4.63. The minimum atomic E-state index is 0.140. The molecule has 0 atom stereocenters. The Hall–Kier alpha value is -0.570. The lowest BCUT2D eigenvalue weighted by atomic mass is 10.1. The molecule has 0 aliphatic carbocycles. The monoisotopic (exact) mass is 171 g/mol. The number of hydrogen-bond acceptors (Lipinski definition) is 2. The number of hydrogen-bond donors (Lipinski definition) is 0. The maximum Gasteiger partial charge on any atom is 0.246 e. The molecule has 1 fully saturated rings. The van der Waals surface area contributed by atoms with Gasteiger partial charge in [-0.05, 0) is 18.8 Å². The van der Waals surface area contributed by atoms with E-state index < -0.39 is 0 Å².